The molecular formula is C11H16O2. The van der Waals surface area contributed by atoms with Crippen LogP contribution in [-0.4, -0.2) is 22.4 Å². The van der Waals surface area contributed by atoms with Crippen LogP contribution in [0.1, 0.15) is 26.7 Å². The van der Waals surface area contributed by atoms with E-state index in [0.717, 1.165) is 0 Å². The molecule has 0 saturated heterocycles. The molecule has 0 fully saturated rings. The summed E-state index contributed by atoms with van der Waals surface area (Å²) in [6.07, 6.45) is 9.51. The van der Waals surface area contributed by atoms with Crippen molar-refractivity contribution in [2.45, 2.75) is 38.9 Å². The summed E-state index contributed by atoms with van der Waals surface area (Å²) in [6.45, 7) is 3.20. The Kier molecular flexibility index (Phi) is 4.56. The van der Waals surface area contributed by atoms with Crippen molar-refractivity contribution in [1.29, 1.82) is 0 Å². The molecule has 2 nitrogen and oxygen atoms in total. The molecule has 2 atom stereocenters. The van der Waals surface area contributed by atoms with Crippen molar-refractivity contribution in [3.8, 4) is 24.7 Å². The highest BCUT2D eigenvalue weighted by Gasteiger charge is 2.38. The van der Waals surface area contributed by atoms with Gasteiger partial charge in [0.05, 0.1) is 12.2 Å². The lowest BCUT2D eigenvalue weighted by molar-refractivity contribution is -0.0478. The number of rotatable bonds is 4. The molecule has 0 heterocycles. The molecule has 0 aliphatic heterocycles. The standard InChI is InChI=1S/C11H16O2/c1-5-7-11(8-6-2,9(3)12)10(4)13/h1-2,9-10,12-13H,7-8H2,3-4H3/t9-,10+. The first-order chi connectivity index (χ1) is 6.01. The Bertz CT molecular complexity index is 201. The minimum atomic E-state index is -0.760. The monoisotopic (exact) mass is 180 g/mol. The molecule has 72 valence electrons. The fraction of sp³-hybridized carbons (Fsp3) is 0.636. The summed E-state index contributed by atoms with van der Waals surface area (Å²) in [5, 5.41) is 19.1. The maximum atomic E-state index is 9.54. The van der Waals surface area contributed by atoms with Gasteiger partial charge in [-0.2, -0.15) is 0 Å². The number of aliphatic hydroxyl groups excluding tert-OH is 2. The Morgan fingerprint density at radius 1 is 1.08 bits per heavy atom. The van der Waals surface area contributed by atoms with E-state index in [-0.39, 0.29) is 12.8 Å². The van der Waals surface area contributed by atoms with Gasteiger partial charge in [-0.05, 0) is 13.8 Å². The van der Waals surface area contributed by atoms with E-state index in [0.29, 0.717) is 0 Å². The van der Waals surface area contributed by atoms with Gasteiger partial charge in [0.25, 0.3) is 0 Å². The number of aliphatic hydroxyl groups is 2. The molecule has 0 aliphatic rings. The summed E-state index contributed by atoms with van der Waals surface area (Å²) >= 11 is 0. The average Bonchev–Trinajstić information content (AvgIpc) is 2.03. The molecule has 2 N–H and O–H groups in total. The quantitative estimate of drug-likeness (QED) is 0.628. The highest BCUT2D eigenvalue weighted by atomic mass is 16.3. The molecule has 13 heavy (non-hydrogen) atoms. The van der Waals surface area contributed by atoms with E-state index in [1.54, 1.807) is 13.8 Å². The van der Waals surface area contributed by atoms with Gasteiger partial charge in [0, 0.05) is 18.3 Å². The molecule has 0 aromatic carbocycles. The van der Waals surface area contributed by atoms with E-state index < -0.39 is 17.6 Å². The molecule has 0 aliphatic carbocycles. The molecule has 0 radical (unpaired) electrons. The highest BCUT2D eigenvalue weighted by molar-refractivity contribution is 5.06. The Morgan fingerprint density at radius 2 is 1.38 bits per heavy atom. The van der Waals surface area contributed by atoms with Gasteiger partial charge in [0.1, 0.15) is 0 Å². The fourth-order valence-corrected chi connectivity index (χ4v) is 1.38. The van der Waals surface area contributed by atoms with Gasteiger partial charge in [-0.3, -0.25) is 0 Å². The molecule has 0 bridgehead atoms. The lowest BCUT2D eigenvalue weighted by Gasteiger charge is -2.36. The summed E-state index contributed by atoms with van der Waals surface area (Å²) in [7, 11) is 0. The first-order valence-corrected chi connectivity index (χ1v) is 4.24. The van der Waals surface area contributed by atoms with Crippen molar-refractivity contribution in [2.24, 2.45) is 5.41 Å². The van der Waals surface area contributed by atoms with Gasteiger partial charge in [-0.15, -0.1) is 24.7 Å². The van der Waals surface area contributed by atoms with Gasteiger partial charge < -0.3 is 10.2 Å². The Hall–Kier alpha value is -0.960. The maximum Gasteiger partial charge on any atom is 0.0611 e. The van der Waals surface area contributed by atoms with Crippen molar-refractivity contribution in [2.75, 3.05) is 0 Å². The fourth-order valence-electron chi connectivity index (χ4n) is 1.38. The molecular weight excluding hydrogens is 164 g/mol. The van der Waals surface area contributed by atoms with Crippen LogP contribution in [0.25, 0.3) is 0 Å². The lowest BCUT2D eigenvalue weighted by atomic mass is 9.73. The summed E-state index contributed by atoms with van der Waals surface area (Å²) in [5.41, 5.74) is -0.760. The van der Waals surface area contributed by atoms with Crippen molar-refractivity contribution in [3.63, 3.8) is 0 Å². The lowest BCUT2D eigenvalue weighted by Crippen LogP contribution is -2.42. The van der Waals surface area contributed by atoms with Crippen LogP contribution in [-0.2, 0) is 0 Å². The summed E-state index contributed by atoms with van der Waals surface area (Å²) in [4.78, 5) is 0. The topological polar surface area (TPSA) is 40.5 Å². The molecule has 0 amide bonds. The zero-order valence-corrected chi connectivity index (χ0v) is 8.12. The second kappa shape index (κ2) is 4.92. The number of terminal acetylenes is 2. The second-order valence-corrected chi connectivity index (χ2v) is 3.35. The summed E-state index contributed by atoms with van der Waals surface area (Å²) in [5.74, 6) is 4.88. The van der Waals surface area contributed by atoms with E-state index in [1.807, 2.05) is 0 Å². The van der Waals surface area contributed by atoms with Gasteiger partial charge in [0.2, 0.25) is 0 Å². The van der Waals surface area contributed by atoms with Crippen LogP contribution in [0.2, 0.25) is 0 Å². The third-order valence-corrected chi connectivity index (χ3v) is 2.53. The van der Waals surface area contributed by atoms with Crippen molar-refractivity contribution in [3.05, 3.63) is 0 Å². The molecule has 0 saturated carbocycles. The highest BCUT2D eigenvalue weighted by Crippen LogP contribution is 2.34. The molecule has 0 aromatic rings. The molecule has 0 aromatic heterocycles. The van der Waals surface area contributed by atoms with Crippen LogP contribution in [0.5, 0.6) is 0 Å². The van der Waals surface area contributed by atoms with Crippen molar-refractivity contribution in [1.82, 2.24) is 0 Å². The molecule has 2 heteroatoms. The minimum Gasteiger partial charge on any atom is -0.393 e. The first kappa shape index (κ1) is 12.0. The maximum absolute atomic E-state index is 9.54. The Labute approximate surface area is 80.0 Å². The summed E-state index contributed by atoms with van der Waals surface area (Å²) in [6, 6.07) is 0. The molecule has 0 rings (SSSR count). The largest absolute Gasteiger partial charge is 0.393 e. The zero-order chi connectivity index (χ0) is 10.5. The average molecular weight is 180 g/mol. The first-order valence-electron chi connectivity index (χ1n) is 4.24. The van der Waals surface area contributed by atoms with Crippen LogP contribution in [0.15, 0.2) is 0 Å². The SMILES string of the molecule is C#CCC(CC#C)([C@H](C)O)[C@@H](C)O. The van der Waals surface area contributed by atoms with Crippen molar-refractivity contribution < 1.29 is 10.2 Å². The van der Waals surface area contributed by atoms with Gasteiger partial charge >= 0.3 is 0 Å². The Balaban J connectivity index is 4.85. The van der Waals surface area contributed by atoms with Crippen LogP contribution in [0.4, 0.5) is 0 Å². The van der Waals surface area contributed by atoms with E-state index in [4.69, 9.17) is 12.8 Å². The van der Waals surface area contributed by atoms with E-state index >= 15 is 0 Å². The normalized spacial score (nSPS) is 15.5. The Morgan fingerprint density at radius 3 is 1.54 bits per heavy atom. The predicted molar refractivity (Wildman–Crippen MR) is 52.7 cm³/mol. The van der Waals surface area contributed by atoms with E-state index in [2.05, 4.69) is 11.8 Å². The minimum absolute atomic E-state index is 0.284. The van der Waals surface area contributed by atoms with Gasteiger partial charge in [-0.1, -0.05) is 0 Å². The predicted octanol–water partition coefficient (Wildman–Crippen LogP) is 0.781. The van der Waals surface area contributed by atoms with E-state index in [9.17, 15) is 10.2 Å². The zero-order valence-electron chi connectivity index (χ0n) is 8.12. The van der Waals surface area contributed by atoms with Crippen LogP contribution in [0.3, 0.4) is 0 Å². The molecule has 0 unspecified atom stereocenters. The number of hydrogen-bond acceptors (Lipinski definition) is 2. The van der Waals surface area contributed by atoms with Gasteiger partial charge in [0.15, 0.2) is 0 Å². The second-order valence-electron chi connectivity index (χ2n) is 3.35. The third-order valence-electron chi connectivity index (χ3n) is 2.53. The summed E-state index contributed by atoms with van der Waals surface area (Å²) < 4.78 is 0. The van der Waals surface area contributed by atoms with Crippen LogP contribution >= 0.6 is 0 Å². The third kappa shape index (κ3) is 2.49. The van der Waals surface area contributed by atoms with Crippen LogP contribution < -0.4 is 0 Å². The molecule has 0 spiro atoms. The van der Waals surface area contributed by atoms with Crippen molar-refractivity contribution >= 4 is 0 Å². The number of hydrogen-bond donors (Lipinski definition) is 2. The smallest absolute Gasteiger partial charge is 0.0611 e. The van der Waals surface area contributed by atoms with Crippen LogP contribution in [0, 0.1) is 30.1 Å². The van der Waals surface area contributed by atoms with E-state index in [1.165, 1.54) is 0 Å². The van der Waals surface area contributed by atoms with Gasteiger partial charge in [-0.25, -0.2) is 0 Å².